The summed E-state index contributed by atoms with van der Waals surface area (Å²) in [4.78, 5) is 0. The minimum Gasteiger partial charge on any atom is -0.331 e. The molecule has 1 aromatic heterocycles. The van der Waals surface area contributed by atoms with Crippen LogP contribution in [0.3, 0.4) is 0 Å². The third kappa shape index (κ3) is 4.75. The summed E-state index contributed by atoms with van der Waals surface area (Å²) in [5, 5.41) is 12.5. The molecule has 0 saturated heterocycles. The number of thiocarbonyl (C=S) groups is 1. The second-order valence-corrected chi connectivity index (χ2v) is 7.80. The van der Waals surface area contributed by atoms with Crippen molar-refractivity contribution in [3.05, 3.63) is 74.2 Å². The Morgan fingerprint density at radius 2 is 1.82 bits per heavy atom. The lowest BCUT2D eigenvalue weighted by Gasteiger charge is -2.12. The molecule has 9 heteroatoms. The molecule has 0 aliphatic carbocycles. The van der Waals surface area contributed by atoms with Crippen molar-refractivity contribution in [2.75, 3.05) is 10.6 Å². The molecular formula is C19H16Cl3FN4S. The van der Waals surface area contributed by atoms with Crippen LogP contribution in [-0.2, 0) is 6.54 Å². The number of rotatable bonds is 4. The van der Waals surface area contributed by atoms with Gasteiger partial charge in [-0.3, -0.25) is 4.68 Å². The van der Waals surface area contributed by atoms with E-state index in [4.69, 9.17) is 47.0 Å². The maximum absolute atomic E-state index is 13.3. The highest BCUT2D eigenvalue weighted by Gasteiger charge is 2.15. The first-order valence-corrected chi connectivity index (χ1v) is 9.80. The summed E-state index contributed by atoms with van der Waals surface area (Å²) in [7, 11) is 0. The van der Waals surface area contributed by atoms with Gasteiger partial charge < -0.3 is 10.6 Å². The molecule has 0 aliphatic heterocycles. The predicted octanol–water partition coefficient (Wildman–Crippen LogP) is 6.46. The van der Waals surface area contributed by atoms with E-state index in [-0.39, 0.29) is 5.82 Å². The van der Waals surface area contributed by atoms with Gasteiger partial charge in [-0.05, 0) is 62.0 Å². The van der Waals surface area contributed by atoms with E-state index in [0.717, 1.165) is 22.6 Å². The molecule has 1 heterocycles. The predicted molar refractivity (Wildman–Crippen MR) is 119 cm³/mol. The maximum Gasteiger partial charge on any atom is 0.175 e. The number of hydrogen-bond donors (Lipinski definition) is 2. The first-order chi connectivity index (χ1) is 13.2. The lowest BCUT2D eigenvalue weighted by Crippen LogP contribution is -2.20. The van der Waals surface area contributed by atoms with E-state index in [1.54, 1.807) is 28.9 Å². The van der Waals surface area contributed by atoms with Crippen LogP contribution in [0.2, 0.25) is 15.1 Å². The van der Waals surface area contributed by atoms with Crippen molar-refractivity contribution < 1.29 is 4.39 Å². The molecule has 4 nitrogen and oxygen atoms in total. The van der Waals surface area contributed by atoms with E-state index in [1.807, 2.05) is 13.8 Å². The van der Waals surface area contributed by atoms with E-state index in [2.05, 4.69) is 15.7 Å². The fraction of sp³-hybridized carbons (Fsp3) is 0.158. The number of anilines is 2. The van der Waals surface area contributed by atoms with E-state index in [1.165, 1.54) is 12.1 Å². The monoisotopic (exact) mass is 456 g/mol. The summed E-state index contributed by atoms with van der Waals surface area (Å²) in [6, 6.07) is 9.42. The molecule has 0 bridgehead atoms. The summed E-state index contributed by atoms with van der Waals surface area (Å²) < 4.78 is 15.0. The third-order valence-electron chi connectivity index (χ3n) is 4.13. The van der Waals surface area contributed by atoms with Crippen LogP contribution >= 0.6 is 47.0 Å². The van der Waals surface area contributed by atoms with Gasteiger partial charge in [-0.1, -0.05) is 40.9 Å². The molecule has 0 atom stereocenters. The molecule has 0 saturated carbocycles. The summed E-state index contributed by atoms with van der Waals surface area (Å²) in [5.74, 6) is -0.373. The van der Waals surface area contributed by atoms with Crippen molar-refractivity contribution in [1.82, 2.24) is 9.78 Å². The number of nitrogens with zero attached hydrogens (tertiary/aromatic N) is 2. The Bertz CT molecular complexity index is 1050. The molecule has 28 heavy (non-hydrogen) atoms. The first-order valence-electron chi connectivity index (χ1n) is 8.25. The average molecular weight is 458 g/mol. The van der Waals surface area contributed by atoms with E-state index >= 15 is 0 Å². The Kier molecular flexibility index (Phi) is 6.45. The summed E-state index contributed by atoms with van der Waals surface area (Å²) in [6.45, 7) is 4.20. The minimum absolute atomic E-state index is 0.358. The largest absolute Gasteiger partial charge is 0.331 e. The zero-order valence-corrected chi connectivity index (χ0v) is 18.1. The van der Waals surface area contributed by atoms with Crippen molar-refractivity contribution >= 4 is 63.5 Å². The maximum atomic E-state index is 13.3. The minimum atomic E-state index is -0.373. The number of halogens is 4. The zero-order valence-electron chi connectivity index (χ0n) is 15.0. The normalized spacial score (nSPS) is 10.8. The van der Waals surface area contributed by atoms with Crippen LogP contribution in [0.15, 0.2) is 36.4 Å². The van der Waals surface area contributed by atoms with Gasteiger partial charge in [0.1, 0.15) is 5.82 Å². The van der Waals surface area contributed by atoms with Gasteiger partial charge in [-0.2, -0.15) is 5.10 Å². The van der Waals surface area contributed by atoms with Gasteiger partial charge >= 0.3 is 0 Å². The van der Waals surface area contributed by atoms with Crippen LogP contribution in [0.5, 0.6) is 0 Å². The Labute approximate surface area is 182 Å². The van der Waals surface area contributed by atoms with E-state index < -0.39 is 0 Å². The number of aryl methyl sites for hydroxylation is 1. The second kappa shape index (κ2) is 8.66. The molecule has 0 spiro atoms. The fourth-order valence-corrected chi connectivity index (χ4v) is 3.60. The molecule has 0 amide bonds. The van der Waals surface area contributed by atoms with Crippen LogP contribution < -0.4 is 10.6 Å². The highest BCUT2D eigenvalue weighted by Crippen LogP contribution is 2.27. The lowest BCUT2D eigenvalue weighted by atomic mass is 10.2. The molecule has 3 aromatic rings. The summed E-state index contributed by atoms with van der Waals surface area (Å²) in [5.41, 5.74) is 3.82. The van der Waals surface area contributed by atoms with Gasteiger partial charge in [-0.15, -0.1) is 0 Å². The Morgan fingerprint density at radius 1 is 1.07 bits per heavy atom. The van der Waals surface area contributed by atoms with Gasteiger partial charge in [0.2, 0.25) is 0 Å². The smallest absolute Gasteiger partial charge is 0.175 e. The van der Waals surface area contributed by atoms with Gasteiger partial charge in [0.15, 0.2) is 5.11 Å². The third-order valence-corrected chi connectivity index (χ3v) is 5.24. The number of hydrogen-bond acceptors (Lipinski definition) is 2. The topological polar surface area (TPSA) is 41.9 Å². The standard InChI is InChI=1S/C19H16Cl3FN4S/c1-10-18(25-19(28)24-17-6-4-13(20)7-16(17)22)11(2)27(26-10)9-12-3-5-14(23)8-15(12)21/h3-8H,9H2,1-2H3,(H2,24,25,28). The molecule has 146 valence electrons. The van der Waals surface area contributed by atoms with E-state index in [9.17, 15) is 4.39 Å². The highest BCUT2D eigenvalue weighted by molar-refractivity contribution is 7.80. The quantitative estimate of drug-likeness (QED) is 0.441. The molecule has 0 aliphatic rings. The number of aromatic nitrogens is 2. The molecular weight excluding hydrogens is 442 g/mol. The van der Waals surface area contributed by atoms with Crippen LogP contribution in [-0.4, -0.2) is 14.9 Å². The average Bonchev–Trinajstić information content (AvgIpc) is 2.87. The molecule has 2 aromatic carbocycles. The van der Waals surface area contributed by atoms with Gasteiger partial charge in [0.25, 0.3) is 0 Å². The van der Waals surface area contributed by atoms with Crippen molar-refractivity contribution in [1.29, 1.82) is 0 Å². The molecule has 0 fully saturated rings. The number of benzene rings is 2. The van der Waals surface area contributed by atoms with Crippen molar-refractivity contribution in [2.24, 2.45) is 0 Å². The highest BCUT2D eigenvalue weighted by atomic mass is 35.5. The molecule has 0 unspecified atom stereocenters. The number of nitrogens with one attached hydrogen (secondary N) is 2. The SMILES string of the molecule is Cc1nn(Cc2ccc(F)cc2Cl)c(C)c1NC(=S)Nc1ccc(Cl)cc1Cl. The van der Waals surface area contributed by atoms with Gasteiger partial charge in [0.05, 0.1) is 34.3 Å². The van der Waals surface area contributed by atoms with Crippen molar-refractivity contribution in [2.45, 2.75) is 20.4 Å². The van der Waals surface area contributed by atoms with Crippen LogP contribution in [0, 0.1) is 19.7 Å². The van der Waals surface area contributed by atoms with Crippen molar-refractivity contribution in [3.63, 3.8) is 0 Å². The van der Waals surface area contributed by atoms with Gasteiger partial charge in [-0.25, -0.2) is 4.39 Å². The molecule has 0 radical (unpaired) electrons. The zero-order chi connectivity index (χ0) is 20.4. The lowest BCUT2D eigenvalue weighted by molar-refractivity contribution is 0.622. The van der Waals surface area contributed by atoms with Crippen LogP contribution in [0.1, 0.15) is 17.0 Å². The fourth-order valence-electron chi connectivity index (χ4n) is 2.70. The Hall–Kier alpha value is -1.86. The first kappa shape index (κ1) is 20.9. The Balaban J connectivity index is 1.76. The van der Waals surface area contributed by atoms with E-state index in [0.29, 0.717) is 32.4 Å². The Morgan fingerprint density at radius 3 is 2.50 bits per heavy atom. The second-order valence-electron chi connectivity index (χ2n) is 6.14. The van der Waals surface area contributed by atoms with Crippen molar-refractivity contribution in [3.8, 4) is 0 Å². The molecule has 3 rings (SSSR count). The van der Waals surface area contributed by atoms with Crippen LogP contribution in [0.25, 0.3) is 0 Å². The van der Waals surface area contributed by atoms with Crippen LogP contribution in [0.4, 0.5) is 15.8 Å². The summed E-state index contributed by atoms with van der Waals surface area (Å²) in [6.07, 6.45) is 0. The van der Waals surface area contributed by atoms with Gasteiger partial charge in [0, 0.05) is 10.0 Å². The summed E-state index contributed by atoms with van der Waals surface area (Å²) >= 11 is 23.6. The molecule has 2 N–H and O–H groups in total.